The first-order valence-corrected chi connectivity index (χ1v) is 9.65. The molecule has 3 aliphatic rings. The predicted molar refractivity (Wildman–Crippen MR) is 84.1 cm³/mol. The third-order valence-electron chi connectivity index (χ3n) is 5.16. The van der Waals surface area contributed by atoms with Crippen LogP contribution in [0, 0.1) is 11.3 Å². The Hall–Kier alpha value is -1.02. The summed E-state index contributed by atoms with van der Waals surface area (Å²) >= 11 is 0. The Morgan fingerprint density at radius 2 is 2.26 bits per heavy atom. The Morgan fingerprint density at radius 1 is 1.39 bits per heavy atom. The molecule has 126 valence electrons. The maximum Gasteiger partial charge on any atom is 0.217 e. The molecule has 0 spiro atoms. The molecule has 2 atom stereocenters. The van der Waals surface area contributed by atoms with Crippen LogP contribution in [0.25, 0.3) is 0 Å². The van der Waals surface area contributed by atoms with Crippen molar-refractivity contribution < 1.29 is 17.9 Å². The van der Waals surface area contributed by atoms with Gasteiger partial charge >= 0.3 is 0 Å². The maximum absolute atomic E-state index is 12.5. The lowest BCUT2D eigenvalue weighted by atomic mass is 9.82. The van der Waals surface area contributed by atoms with Gasteiger partial charge in [0.15, 0.2) is 0 Å². The van der Waals surface area contributed by atoms with Gasteiger partial charge in [0.1, 0.15) is 0 Å². The molecule has 0 amide bonds. The van der Waals surface area contributed by atoms with Crippen molar-refractivity contribution in [2.45, 2.75) is 24.7 Å². The normalized spacial score (nSPS) is 31.4. The molecule has 4 rings (SSSR count). The fourth-order valence-corrected chi connectivity index (χ4v) is 5.58. The molecular weight excluding hydrogens is 316 g/mol. The Morgan fingerprint density at radius 3 is 3.00 bits per heavy atom. The maximum atomic E-state index is 12.5. The largest absolute Gasteiger partial charge is 0.380 e. The summed E-state index contributed by atoms with van der Waals surface area (Å²) < 4.78 is 38.2. The van der Waals surface area contributed by atoms with Crippen molar-refractivity contribution in [3.05, 3.63) is 30.1 Å². The van der Waals surface area contributed by atoms with Crippen LogP contribution in [0.5, 0.6) is 0 Å². The SMILES string of the molecule is O=S(=O)(C1CC1)N1C[C@@H]2COC[C@]2(COCc2ccccn2)C1. The lowest BCUT2D eigenvalue weighted by molar-refractivity contribution is 0.0212. The van der Waals surface area contributed by atoms with E-state index in [-0.39, 0.29) is 16.6 Å². The zero-order valence-electron chi connectivity index (χ0n) is 13.1. The lowest BCUT2D eigenvalue weighted by Gasteiger charge is -2.26. The summed E-state index contributed by atoms with van der Waals surface area (Å²) in [6.07, 6.45) is 3.37. The van der Waals surface area contributed by atoms with Crippen molar-refractivity contribution >= 4 is 10.0 Å². The molecule has 0 aromatic carbocycles. The van der Waals surface area contributed by atoms with Crippen LogP contribution in [0.4, 0.5) is 0 Å². The minimum absolute atomic E-state index is 0.145. The Bertz CT molecular complexity index is 662. The zero-order chi connectivity index (χ0) is 15.9. The number of sulfonamides is 1. The fraction of sp³-hybridized carbons (Fsp3) is 0.688. The molecule has 0 bridgehead atoms. The van der Waals surface area contributed by atoms with E-state index in [1.165, 1.54) is 0 Å². The molecule has 6 nitrogen and oxygen atoms in total. The van der Waals surface area contributed by atoms with Crippen molar-refractivity contribution in [3.63, 3.8) is 0 Å². The van der Waals surface area contributed by atoms with E-state index in [1.807, 2.05) is 18.2 Å². The number of ether oxygens (including phenoxy) is 2. The van der Waals surface area contributed by atoms with Crippen LogP contribution in [0.15, 0.2) is 24.4 Å². The second kappa shape index (κ2) is 5.81. The first-order valence-electron chi connectivity index (χ1n) is 8.15. The molecule has 0 radical (unpaired) electrons. The van der Waals surface area contributed by atoms with Gasteiger partial charge in [0.2, 0.25) is 10.0 Å². The van der Waals surface area contributed by atoms with Gasteiger partial charge in [-0.1, -0.05) is 6.07 Å². The number of hydrogen-bond acceptors (Lipinski definition) is 5. The predicted octanol–water partition coefficient (Wildman–Crippen LogP) is 1.04. The average molecular weight is 338 g/mol. The van der Waals surface area contributed by atoms with Gasteiger partial charge in [-0.05, 0) is 25.0 Å². The van der Waals surface area contributed by atoms with Crippen molar-refractivity contribution in [1.82, 2.24) is 9.29 Å². The number of fused-ring (bicyclic) bond motifs is 1. The lowest BCUT2D eigenvalue weighted by Crippen LogP contribution is -2.38. The topological polar surface area (TPSA) is 68.7 Å². The molecule has 3 heterocycles. The Kier molecular flexibility index (Phi) is 3.91. The first kappa shape index (κ1) is 15.5. The number of rotatable bonds is 6. The number of pyridine rings is 1. The van der Waals surface area contributed by atoms with E-state index in [2.05, 4.69) is 4.98 Å². The number of hydrogen-bond donors (Lipinski definition) is 0. The summed E-state index contributed by atoms with van der Waals surface area (Å²) in [5, 5.41) is -0.145. The van der Waals surface area contributed by atoms with Crippen LogP contribution >= 0.6 is 0 Å². The van der Waals surface area contributed by atoms with Gasteiger partial charge in [0.05, 0.1) is 37.4 Å². The van der Waals surface area contributed by atoms with Crippen molar-refractivity contribution in [3.8, 4) is 0 Å². The van der Waals surface area contributed by atoms with Crippen LogP contribution < -0.4 is 0 Å². The van der Waals surface area contributed by atoms with Crippen LogP contribution in [-0.4, -0.2) is 55.9 Å². The van der Waals surface area contributed by atoms with Crippen molar-refractivity contribution in [2.24, 2.45) is 11.3 Å². The molecule has 3 fully saturated rings. The molecule has 23 heavy (non-hydrogen) atoms. The summed E-state index contributed by atoms with van der Waals surface area (Å²) in [5.74, 6) is 0.236. The van der Waals surface area contributed by atoms with E-state index in [4.69, 9.17) is 9.47 Å². The molecule has 2 aliphatic heterocycles. The van der Waals surface area contributed by atoms with E-state index in [9.17, 15) is 8.42 Å². The Balaban J connectivity index is 1.41. The Labute approximate surface area is 136 Å². The van der Waals surface area contributed by atoms with Crippen molar-refractivity contribution in [1.29, 1.82) is 0 Å². The quantitative estimate of drug-likeness (QED) is 0.775. The highest BCUT2D eigenvalue weighted by atomic mass is 32.2. The molecular formula is C16H22N2O4S. The van der Waals surface area contributed by atoms with Crippen LogP contribution in [0.1, 0.15) is 18.5 Å². The van der Waals surface area contributed by atoms with E-state index in [1.54, 1.807) is 10.5 Å². The molecule has 7 heteroatoms. The monoisotopic (exact) mass is 338 g/mol. The third-order valence-corrected chi connectivity index (χ3v) is 7.47. The second-order valence-corrected chi connectivity index (χ2v) is 9.14. The first-order chi connectivity index (χ1) is 11.1. The zero-order valence-corrected chi connectivity index (χ0v) is 13.9. The van der Waals surface area contributed by atoms with Gasteiger partial charge in [-0.2, -0.15) is 0 Å². The summed E-state index contributed by atoms with van der Waals surface area (Å²) in [6, 6.07) is 5.74. The van der Waals surface area contributed by atoms with Crippen LogP contribution in [-0.2, 0) is 26.1 Å². The van der Waals surface area contributed by atoms with Gasteiger partial charge in [0, 0.05) is 30.6 Å². The summed E-state index contributed by atoms with van der Waals surface area (Å²) in [4.78, 5) is 4.25. The van der Waals surface area contributed by atoms with Gasteiger partial charge in [-0.25, -0.2) is 12.7 Å². The van der Waals surface area contributed by atoms with Crippen LogP contribution in [0.3, 0.4) is 0 Å². The van der Waals surface area contributed by atoms with E-state index >= 15 is 0 Å². The molecule has 1 aromatic heterocycles. The molecule has 0 unspecified atom stereocenters. The highest BCUT2D eigenvalue weighted by molar-refractivity contribution is 7.90. The third kappa shape index (κ3) is 2.91. The molecule has 1 aromatic rings. The minimum atomic E-state index is -3.11. The fourth-order valence-electron chi connectivity index (χ4n) is 3.60. The highest BCUT2D eigenvalue weighted by Gasteiger charge is 2.55. The summed E-state index contributed by atoms with van der Waals surface area (Å²) in [7, 11) is -3.11. The average Bonchev–Trinajstić information content (AvgIpc) is 3.24. The standard InChI is InChI=1S/C16H22N2O4S/c19-23(20,15-4-5-15)18-7-13-8-21-11-16(13,10-18)12-22-9-14-3-1-2-6-17-14/h1-3,6,13,15H,4-5,7-12H2/t13-,16+/m1/s1. The highest BCUT2D eigenvalue weighted by Crippen LogP contribution is 2.45. The van der Waals surface area contributed by atoms with Gasteiger partial charge in [-0.3, -0.25) is 4.98 Å². The number of aromatic nitrogens is 1. The van der Waals surface area contributed by atoms with Gasteiger partial charge in [0.25, 0.3) is 0 Å². The molecule has 0 N–H and O–H groups in total. The number of nitrogens with zero attached hydrogens (tertiary/aromatic N) is 2. The molecule has 1 saturated carbocycles. The van der Waals surface area contributed by atoms with E-state index in [0.29, 0.717) is 39.5 Å². The second-order valence-electron chi connectivity index (χ2n) is 6.93. The van der Waals surface area contributed by atoms with E-state index < -0.39 is 10.0 Å². The van der Waals surface area contributed by atoms with Crippen molar-refractivity contribution in [2.75, 3.05) is 32.9 Å². The molecule has 2 saturated heterocycles. The van der Waals surface area contributed by atoms with E-state index in [0.717, 1.165) is 18.5 Å². The smallest absolute Gasteiger partial charge is 0.217 e. The summed E-state index contributed by atoms with van der Waals surface area (Å²) in [6.45, 7) is 3.28. The van der Waals surface area contributed by atoms with Gasteiger partial charge in [-0.15, -0.1) is 0 Å². The van der Waals surface area contributed by atoms with Crippen LogP contribution in [0.2, 0.25) is 0 Å². The molecule has 1 aliphatic carbocycles. The van der Waals surface area contributed by atoms with Gasteiger partial charge < -0.3 is 9.47 Å². The summed E-state index contributed by atoms with van der Waals surface area (Å²) in [5.41, 5.74) is 0.691. The minimum Gasteiger partial charge on any atom is -0.380 e.